The smallest absolute Gasteiger partial charge is 0.416 e. The normalized spacial score (nSPS) is 16.5. The summed E-state index contributed by atoms with van der Waals surface area (Å²) in [6.07, 6.45) is 2.63. The largest absolute Gasteiger partial charge is 0.490 e. The van der Waals surface area contributed by atoms with Crippen LogP contribution in [0.4, 0.5) is 13.2 Å². The highest BCUT2D eigenvalue weighted by molar-refractivity contribution is 6.02. The molecule has 0 spiro atoms. The number of benzene rings is 1. The second kappa shape index (κ2) is 8.27. The molecule has 0 amide bonds. The number of aromatic amines is 1. The quantitative estimate of drug-likeness (QED) is 0.436. The van der Waals surface area contributed by atoms with Gasteiger partial charge in [0.15, 0.2) is 0 Å². The number of halogens is 3. The summed E-state index contributed by atoms with van der Waals surface area (Å²) in [5.41, 5.74) is 3.03. The van der Waals surface area contributed by atoms with Crippen molar-refractivity contribution in [1.82, 2.24) is 20.3 Å². The van der Waals surface area contributed by atoms with Gasteiger partial charge in [-0.05, 0) is 55.3 Å². The highest BCUT2D eigenvalue weighted by Crippen LogP contribution is 2.42. The van der Waals surface area contributed by atoms with Gasteiger partial charge in [-0.3, -0.25) is 9.97 Å². The minimum Gasteiger partial charge on any atom is -0.490 e. The van der Waals surface area contributed by atoms with E-state index in [4.69, 9.17) is 4.74 Å². The lowest BCUT2D eigenvalue weighted by atomic mass is 9.98. The second-order valence-electron chi connectivity index (χ2n) is 7.83. The number of pyridine rings is 2. The van der Waals surface area contributed by atoms with Crippen LogP contribution < -0.4 is 10.1 Å². The minimum absolute atomic E-state index is 0.273. The molecule has 0 unspecified atom stereocenters. The van der Waals surface area contributed by atoms with Crippen molar-refractivity contribution in [1.29, 1.82) is 0 Å². The van der Waals surface area contributed by atoms with Crippen LogP contribution >= 0.6 is 0 Å². The third kappa shape index (κ3) is 3.93. The molecule has 1 fully saturated rings. The first-order valence-corrected chi connectivity index (χ1v) is 10.5. The van der Waals surface area contributed by atoms with Crippen molar-refractivity contribution in [3.8, 4) is 28.1 Å². The van der Waals surface area contributed by atoms with Crippen molar-refractivity contribution in [2.45, 2.75) is 25.1 Å². The third-order valence-electron chi connectivity index (χ3n) is 5.69. The molecule has 164 valence electrons. The first-order valence-electron chi connectivity index (χ1n) is 10.5. The van der Waals surface area contributed by atoms with Crippen LogP contribution in [0.1, 0.15) is 18.4 Å². The van der Waals surface area contributed by atoms with Crippen LogP contribution in [0.25, 0.3) is 33.4 Å². The van der Waals surface area contributed by atoms with E-state index < -0.39 is 11.7 Å². The molecule has 5 nitrogen and oxygen atoms in total. The maximum Gasteiger partial charge on any atom is 0.416 e. The molecule has 32 heavy (non-hydrogen) atoms. The van der Waals surface area contributed by atoms with E-state index in [-0.39, 0.29) is 6.04 Å². The fraction of sp³-hybridized carbons (Fsp3) is 0.250. The number of hydrogen-bond donors (Lipinski definition) is 2. The molecule has 2 N–H and O–H groups in total. The molecule has 5 rings (SSSR count). The van der Waals surface area contributed by atoms with Crippen molar-refractivity contribution in [3.05, 3.63) is 66.6 Å². The number of H-pyrrole nitrogens is 1. The molecule has 1 atom stereocenters. The first-order chi connectivity index (χ1) is 15.5. The number of fused-ring (bicyclic) bond motifs is 1. The van der Waals surface area contributed by atoms with Gasteiger partial charge in [-0.25, -0.2) is 0 Å². The lowest BCUT2D eigenvalue weighted by Crippen LogP contribution is -2.28. The molecule has 8 heteroatoms. The number of hydrogen-bond acceptors (Lipinski definition) is 4. The Morgan fingerprint density at radius 3 is 2.81 bits per heavy atom. The molecular weight excluding hydrogens is 417 g/mol. The average Bonchev–Trinajstić information content (AvgIpc) is 3.45. The molecule has 1 saturated heterocycles. The van der Waals surface area contributed by atoms with Crippen LogP contribution in [0, 0.1) is 0 Å². The van der Waals surface area contributed by atoms with Gasteiger partial charge < -0.3 is 15.0 Å². The van der Waals surface area contributed by atoms with Gasteiger partial charge in [-0.15, -0.1) is 0 Å². The van der Waals surface area contributed by atoms with E-state index in [0.29, 0.717) is 34.7 Å². The number of nitrogens with one attached hydrogen (secondary N) is 2. The summed E-state index contributed by atoms with van der Waals surface area (Å²) in [5, 5.41) is 3.40. The maximum atomic E-state index is 13.4. The average molecular weight is 438 g/mol. The Hall–Kier alpha value is -3.39. The van der Waals surface area contributed by atoms with Crippen LogP contribution in [0.5, 0.6) is 5.75 Å². The number of ether oxygens (including phenoxy) is 1. The molecule has 0 aliphatic carbocycles. The fourth-order valence-electron chi connectivity index (χ4n) is 4.15. The predicted octanol–water partition coefficient (Wildman–Crippen LogP) is 5.44. The van der Waals surface area contributed by atoms with Crippen molar-refractivity contribution in [3.63, 3.8) is 0 Å². The molecule has 3 aromatic heterocycles. The Morgan fingerprint density at radius 2 is 2.00 bits per heavy atom. The Labute approximate surface area is 182 Å². The lowest BCUT2D eigenvalue weighted by Gasteiger charge is -2.15. The first kappa shape index (κ1) is 20.5. The minimum atomic E-state index is -4.44. The summed E-state index contributed by atoms with van der Waals surface area (Å²) in [6, 6.07) is 11.0. The Balaban J connectivity index is 1.64. The summed E-state index contributed by atoms with van der Waals surface area (Å²) >= 11 is 0. The van der Waals surface area contributed by atoms with E-state index in [0.717, 1.165) is 42.6 Å². The Bertz CT molecular complexity index is 1250. The molecule has 0 bridgehead atoms. The van der Waals surface area contributed by atoms with Crippen LogP contribution in [-0.4, -0.2) is 34.1 Å². The van der Waals surface area contributed by atoms with E-state index in [1.54, 1.807) is 36.8 Å². The number of alkyl halides is 3. The van der Waals surface area contributed by atoms with Crippen LogP contribution in [0.15, 0.2) is 61.1 Å². The van der Waals surface area contributed by atoms with Crippen LogP contribution in [0.2, 0.25) is 0 Å². The fourth-order valence-corrected chi connectivity index (χ4v) is 4.15. The van der Waals surface area contributed by atoms with Gasteiger partial charge in [0.1, 0.15) is 12.4 Å². The zero-order valence-electron chi connectivity index (χ0n) is 17.1. The number of nitrogens with zero attached hydrogens (tertiary/aromatic N) is 2. The van der Waals surface area contributed by atoms with Gasteiger partial charge in [0.05, 0.1) is 28.5 Å². The molecule has 1 aliphatic heterocycles. The molecule has 0 radical (unpaired) electrons. The third-order valence-corrected chi connectivity index (χ3v) is 5.69. The van der Waals surface area contributed by atoms with Gasteiger partial charge in [-0.2, -0.15) is 13.2 Å². The van der Waals surface area contributed by atoms with Crippen molar-refractivity contribution in [2.24, 2.45) is 0 Å². The number of aromatic nitrogens is 3. The molecule has 1 aliphatic rings. The second-order valence-corrected chi connectivity index (χ2v) is 7.83. The number of rotatable bonds is 5. The highest BCUT2D eigenvalue weighted by atomic mass is 19.4. The molecule has 4 heterocycles. The lowest BCUT2D eigenvalue weighted by molar-refractivity contribution is -0.137. The van der Waals surface area contributed by atoms with Crippen molar-refractivity contribution < 1.29 is 17.9 Å². The van der Waals surface area contributed by atoms with E-state index in [2.05, 4.69) is 20.3 Å². The molecule has 0 saturated carbocycles. The molecular formula is C24H21F3N4O. The maximum absolute atomic E-state index is 13.4. The zero-order chi connectivity index (χ0) is 22.1. The summed E-state index contributed by atoms with van der Waals surface area (Å²) in [7, 11) is 0. The Morgan fingerprint density at radius 1 is 1.09 bits per heavy atom. The summed E-state index contributed by atoms with van der Waals surface area (Å²) in [5.74, 6) is 0.570. The topological polar surface area (TPSA) is 62.8 Å². The van der Waals surface area contributed by atoms with E-state index >= 15 is 0 Å². The van der Waals surface area contributed by atoms with Crippen LogP contribution in [-0.2, 0) is 6.18 Å². The zero-order valence-corrected chi connectivity index (χ0v) is 17.1. The van der Waals surface area contributed by atoms with E-state index in [1.807, 2.05) is 6.07 Å². The van der Waals surface area contributed by atoms with E-state index in [9.17, 15) is 13.2 Å². The van der Waals surface area contributed by atoms with Gasteiger partial charge >= 0.3 is 6.18 Å². The van der Waals surface area contributed by atoms with Gasteiger partial charge in [0.25, 0.3) is 0 Å². The molecule has 4 aromatic rings. The summed E-state index contributed by atoms with van der Waals surface area (Å²) in [6.45, 7) is 1.47. The van der Waals surface area contributed by atoms with E-state index in [1.165, 1.54) is 6.07 Å². The van der Waals surface area contributed by atoms with Gasteiger partial charge in [0.2, 0.25) is 0 Å². The van der Waals surface area contributed by atoms with Gasteiger partial charge in [-0.1, -0.05) is 12.1 Å². The van der Waals surface area contributed by atoms with Crippen molar-refractivity contribution >= 4 is 11.0 Å². The van der Waals surface area contributed by atoms with Gasteiger partial charge in [0, 0.05) is 29.6 Å². The molecule has 1 aromatic carbocycles. The Kier molecular flexibility index (Phi) is 5.30. The predicted molar refractivity (Wildman–Crippen MR) is 116 cm³/mol. The monoisotopic (exact) mass is 438 g/mol. The standard InChI is InChI=1S/C24H21F3N4O/c25-24(26,27)16-5-1-4-15(12-16)21-22(31-19-7-3-10-30-23(19)21)18-8-11-28-13-20(18)32-14-17-6-2-9-29-17/h1,3-5,7-8,10-13,17,29,31H,2,6,9,14H2/t17-/m0/s1. The SMILES string of the molecule is FC(F)(F)c1cccc(-c2c(-c3ccncc3OC[C@@H]3CCCN3)[nH]c3cccnc23)c1. The highest BCUT2D eigenvalue weighted by Gasteiger charge is 2.31. The van der Waals surface area contributed by atoms with Crippen molar-refractivity contribution in [2.75, 3.05) is 13.2 Å². The van der Waals surface area contributed by atoms with Crippen LogP contribution in [0.3, 0.4) is 0 Å². The summed E-state index contributed by atoms with van der Waals surface area (Å²) in [4.78, 5) is 12.0. The summed E-state index contributed by atoms with van der Waals surface area (Å²) < 4.78 is 46.3.